The molecule has 2 aromatic rings. The van der Waals surface area contributed by atoms with Gasteiger partial charge < -0.3 is 15.5 Å². The van der Waals surface area contributed by atoms with Gasteiger partial charge in [0.25, 0.3) is 5.91 Å². The molecule has 1 aliphatic heterocycles. The van der Waals surface area contributed by atoms with Gasteiger partial charge in [-0.05, 0) is 54.5 Å². The first kappa shape index (κ1) is 21.5. The number of carbonyl (C=O) groups is 3. The molecule has 7 nitrogen and oxygen atoms in total. The Kier molecular flexibility index (Phi) is 6.86. The van der Waals surface area contributed by atoms with Crippen LogP contribution in [0.4, 0.5) is 5.69 Å². The Morgan fingerprint density at radius 3 is 2.40 bits per heavy atom. The van der Waals surface area contributed by atoms with Crippen molar-refractivity contribution in [3.63, 3.8) is 0 Å². The van der Waals surface area contributed by atoms with E-state index in [1.54, 1.807) is 30.3 Å². The molecule has 0 aromatic heterocycles. The number of thiocarbonyl (C=S) groups is 1. The minimum atomic E-state index is -1.03. The molecule has 9 heteroatoms. The first-order valence-electron chi connectivity index (χ1n) is 9.01. The van der Waals surface area contributed by atoms with Crippen molar-refractivity contribution in [3.8, 4) is 5.75 Å². The molecule has 3 N–H and O–H groups in total. The van der Waals surface area contributed by atoms with Crippen molar-refractivity contribution < 1.29 is 24.6 Å². The van der Waals surface area contributed by atoms with Crippen LogP contribution < -0.4 is 5.32 Å². The summed E-state index contributed by atoms with van der Waals surface area (Å²) in [5, 5.41) is 20.9. The molecule has 0 radical (unpaired) electrons. The fraction of sp³-hybridized carbons (Fsp3) is 0.143. The van der Waals surface area contributed by atoms with Crippen LogP contribution in [0.3, 0.4) is 0 Å². The fourth-order valence-corrected chi connectivity index (χ4v) is 4.04. The van der Waals surface area contributed by atoms with Crippen LogP contribution in [-0.2, 0) is 9.59 Å². The lowest BCUT2D eigenvalue weighted by atomic mass is 10.2. The van der Waals surface area contributed by atoms with E-state index in [1.807, 2.05) is 0 Å². The lowest BCUT2D eigenvalue weighted by Gasteiger charge is -2.14. The number of carboxylic acid groups (broad SMARTS) is 1. The van der Waals surface area contributed by atoms with Gasteiger partial charge in [0.15, 0.2) is 0 Å². The lowest BCUT2D eigenvalue weighted by Crippen LogP contribution is -2.29. The van der Waals surface area contributed by atoms with Crippen LogP contribution in [0, 0.1) is 0 Å². The van der Waals surface area contributed by atoms with Crippen LogP contribution in [0.5, 0.6) is 5.75 Å². The Balaban J connectivity index is 1.51. The molecule has 0 unspecified atom stereocenters. The summed E-state index contributed by atoms with van der Waals surface area (Å²) in [5.41, 5.74) is 1.43. The zero-order valence-electron chi connectivity index (χ0n) is 15.7. The molecule has 30 heavy (non-hydrogen) atoms. The van der Waals surface area contributed by atoms with E-state index in [9.17, 15) is 19.5 Å². The van der Waals surface area contributed by atoms with Gasteiger partial charge in [0.2, 0.25) is 5.91 Å². The third kappa shape index (κ3) is 5.46. The van der Waals surface area contributed by atoms with E-state index in [-0.39, 0.29) is 29.5 Å². The van der Waals surface area contributed by atoms with Crippen LogP contribution in [0.2, 0.25) is 0 Å². The molecule has 0 spiro atoms. The first-order chi connectivity index (χ1) is 14.3. The van der Waals surface area contributed by atoms with Gasteiger partial charge >= 0.3 is 5.97 Å². The maximum Gasteiger partial charge on any atom is 0.335 e. The monoisotopic (exact) mass is 442 g/mol. The van der Waals surface area contributed by atoms with E-state index in [4.69, 9.17) is 17.3 Å². The molecular weight excluding hydrogens is 424 g/mol. The number of anilines is 1. The van der Waals surface area contributed by atoms with E-state index < -0.39 is 5.97 Å². The number of aromatic carboxylic acids is 1. The number of nitrogens with zero attached hydrogens (tertiary/aromatic N) is 1. The SMILES string of the molecule is O=C(CCCN1C(=O)/C(=C/c2ccc(O)cc2)SC1=S)Nc1ccc(C(=O)O)cc1. The van der Waals surface area contributed by atoms with Gasteiger partial charge in [-0.15, -0.1) is 0 Å². The highest BCUT2D eigenvalue weighted by Crippen LogP contribution is 2.32. The number of benzene rings is 2. The Morgan fingerprint density at radius 2 is 1.77 bits per heavy atom. The molecule has 154 valence electrons. The van der Waals surface area contributed by atoms with Gasteiger partial charge in [0, 0.05) is 18.7 Å². The predicted molar refractivity (Wildman–Crippen MR) is 119 cm³/mol. The molecule has 0 atom stereocenters. The summed E-state index contributed by atoms with van der Waals surface area (Å²) < 4.78 is 0.440. The quantitative estimate of drug-likeness (QED) is 0.443. The number of phenolic OH excluding ortho intramolecular Hbond substituents is 1. The summed E-state index contributed by atoms with van der Waals surface area (Å²) in [6, 6.07) is 12.4. The van der Waals surface area contributed by atoms with Gasteiger partial charge in [-0.1, -0.05) is 36.1 Å². The number of aromatic hydroxyl groups is 1. The Labute approximate surface area is 182 Å². The predicted octanol–water partition coefficient (Wildman–Crippen LogP) is 3.71. The minimum absolute atomic E-state index is 0.141. The molecular formula is C21H18N2O5S2. The summed E-state index contributed by atoms with van der Waals surface area (Å²) in [4.78, 5) is 37.5. The van der Waals surface area contributed by atoms with E-state index in [0.29, 0.717) is 27.9 Å². The average molecular weight is 443 g/mol. The van der Waals surface area contributed by atoms with Crippen molar-refractivity contribution in [2.24, 2.45) is 0 Å². The number of phenols is 1. The van der Waals surface area contributed by atoms with Gasteiger partial charge in [-0.25, -0.2) is 4.79 Å². The smallest absolute Gasteiger partial charge is 0.335 e. The normalized spacial score (nSPS) is 14.9. The van der Waals surface area contributed by atoms with Crippen molar-refractivity contribution in [2.45, 2.75) is 12.8 Å². The Bertz CT molecular complexity index is 1020. The second-order valence-corrected chi connectivity index (χ2v) is 8.13. The Hall–Kier alpha value is -3.17. The first-order valence-corrected chi connectivity index (χ1v) is 10.2. The number of thioether (sulfide) groups is 1. The summed E-state index contributed by atoms with van der Waals surface area (Å²) >= 11 is 6.49. The number of hydrogen-bond acceptors (Lipinski definition) is 6. The molecule has 1 saturated heterocycles. The van der Waals surface area contributed by atoms with Crippen LogP contribution >= 0.6 is 24.0 Å². The summed E-state index contributed by atoms with van der Waals surface area (Å²) in [5.74, 6) is -1.32. The molecule has 3 rings (SSSR count). The van der Waals surface area contributed by atoms with E-state index in [2.05, 4.69) is 5.32 Å². The van der Waals surface area contributed by atoms with Crippen molar-refractivity contribution in [1.82, 2.24) is 4.90 Å². The maximum absolute atomic E-state index is 12.6. The lowest BCUT2D eigenvalue weighted by molar-refractivity contribution is -0.122. The Morgan fingerprint density at radius 1 is 1.10 bits per heavy atom. The van der Waals surface area contributed by atoms with Crippen LogP contribution in [0.25, 0.3) is 6.08 Å². The third-order valence-electron chi connectivity index (χ3n) is 4.27. The van der Waals surface area contributed by atoms with E-state index in [0.717, 1.165) is 5.56 Å². The van der Waals surface area contributed by atoms with Crippen molar-refractivity contribution >= 4 is 57.8 Å². The van der Waals surface area contributed by atoms with Gasteiger partial charge in [-0.2, -0.15) is 0 Å². The fourth-order valence-electron chi connectivity index (χ4n) is 2.73. The number of rotatable bonds is 7. The highest BCUT2D eigenvalue weighted by atomic mass is 32.2. The van der Waals surface area contributed by atoms with Crippen LogP contribution in [-0.4, -0.2) is 43.8 Å². The van der Waals surface area contributed by atoms with Crippen molar-refractivity contribution in [3.05, 3.63) is 64.6 Å². The number of hydrogen-bond donors (Lipinski definition) is 3. The highest BCUT2D eigenvalue weighted by Gasteiger charge is 2.31. The van der Waals surface area contributed by atoms with Crippen molar-refractivity contribution in [2.75, 3.05) is 11.9 Å². The average Bonchev–Trinajstić information content (AvgIpc) is 2.97. The summed E-state index contributed by atoms with van der Waals surface area (Å²) in [6.45, 7) is 0.322. The molecule has 2 amide bonds. The highest BCUT2D eigenvalue weighted by molar-refractivity contribution is 8.26. The zero-order valence-corrected chi connectivity index (χ0v) is 17.3. The molecule has 1 heterocycles. The standard InChI is InChI=1S/C21H18N2O5S2/c24-16-9-3-13(4-10-16)12-17-19(26)23(21(29)30-17)11-1-2-18(25)22-15-7-5-14(6-8-15)20(27)28/h3-10,12,24H,1-2,11H2,(H,22,25)(H,27,28)/b17-12-. The number of nitrogens with one attached hydrogen (secondary N) is 1. The summed E-state index contributed by atoms with van der Waals surface area (Å²) in [6.07, 6.45) is 2.33. The molecule has 0 aliphatic carbocycles. The second-order valence-electron chi connectivity index (χ2n) is 6.46. The van der Waals surface area contributed by atoms with Crippen LogP contribution in [0.15, 0.2) is 53.4 Å². The second kappa shape index (κ2) is 9.55. The molecule has 0 saturated carbocycles. The van der Waals surface area contributed by atoms with Crippen LogP contribution in [0.1, 0.15) is 28.8 Å². The topological polar surface area (TPSA) is 107 Å². The summed E-state index contributed by atoms with van der Waals surface area (Å²) in [7, 11) is 0. The zero-order chi connectivity index (χ0) is 21.7. The largest absolute Gasteiger partial charge is 0.508 e. The maximum atomic E-state index is 12.6. The van der Waals surface area contributed by atoms with E-state index >= 15 is 0 Å². The third-order valence-corrected chi connectivity index (χ3v) is 5.64. The molecule has 0 bridgehead atoms. The number of carboxylic acids is 1. The van der Waals surface area contributed by atoms with Gasteiger partial charge in [0.1, 0.15) is 10.1 Å². The van der Waals surface area contributed by atoms with Crippen molar-refractivity contribution in [1.29, 1.82) is 0 Å². The minimum Gasteiger partial charge on any atom is -0.508 e. The van der Waals surface area contributed by atoms with E-state index in [1.165, 1.54) is 40.9 Å². The molecule has 1 aliphatic rings. The van der Waals surface area contributed by atoms with Gasteiger partial charge in [0.05, 0.1) is 10.5 Å². The number of carbonyl (C=O) groups excluding carboxylic acids is 2. The van der Waals surface area contributed by atoms with Gasteiger partial charge in [-0.3, -0.25) is 14.5 Å². The molecule has 1 fully saturated rings. The molecule has 2 aromatic carbocycles. The number of amides is 2.